The summed E-state index contributed by atoms with van der Waals surface area (Å²) in [5.74, 6) is -1.07. The number of nitrogens with zero attached hydrogens (tertiary/aromatic N) is 2. The molecule has 1 saturated heterocycles. The van der Waals surface area contributed by atoms with Gasteiger partial charge in [-0.25, -0.2) is 0 Å². The molecular formula is C25H22N2O4. The normalized spacial score (nSPS) is 17.8. The van der Waals surface area contributed by atoms with Crippen molar-refractivity contribution < 1.29 is 19.4 Å². The Kier molecular flexibility index (Phi) is 5.29. The highest BCUT2D eigenvalue weighted by atomic mass is 16.5. The van der Waals surface area contributed by atoms with E-state index in [1.807, 2.05) is 32.0 Å². The van der Waals surface area contributed by atoms with Gasteiger partial charge in [0.2, 0.25) is 0 Å². The van der Waals surface area contributed by atoms with Crippen molar-refractivity contribution in [1.82, 2.24) is 4.98 Å². The van der Waals surface area contributed by atoms with Crippen molar-refractivity contribution in [3.63, 3.8) is 0 Å². The molecule has 2 aromatic carbocycles. The summed E-state index contributed by atoms with van der Waals surface area (Å²) in [5.41, 5.74) is 3.34. The van der Waals surface area contributed by atoms with Gasteiger partial charge in [0.25, 0.3) is 11.7 Å². The average molecular weight is 414 g/mol. The molecule has 6 nitrogen and oxygen atoms in total. The van der Waals surface area contributed by atoms with Crippen LogP contribution in [0.25, 0.3) is 5.76 Å². The monoisotopic (exact) mass is 414 g/mol. The first-order valence-electron chi connectivity index (χ1n) is 9.86. The van der Waals surface area contributed by atoms with Crippen LogP contribution >= 0.6 is 0 Å². The van der Waals surface area contributed by atoms with Gasteiger partial charge < -0.3 is 9.84 Å². The number of aryl methyl sites for hydroxylation is 2. The molecule has 1 fully saturated rings. The van der Waals surface area contributed by atoms with Crippen molar-refractivity contribution in [3.8, 4) is 5.75 Å². The van der Waals surface area contributed by atoms with E-state index in [1.54, 1.807) is 55.8 Å². The molecule has 1 atom stereocenters. The van der Waals surface area contributed by atoms with Gasteiger partial charge in [0, 0.05) is 17.4 Å². The molecule has 0 spiro atoms. The SMILES string of the molecule is COc1ccc(/C(O)=C2\C(=O)C(=O)N(c3cc(C)ccc3C)C2c2ccccn2)cc1. The number of aliphatic hydroxyl groups excluding tert-OH is 1. The quantitative estimate of drug-likeness (QED) is 0.390. The number of pyridine rings is 1. The molecule has 156 valence electrons. The van der Waals surface area contributed by atoms with Crippen LogP contribution in [0.5, 0.6) is 5.75 Å². The van der Waals surface area contributed by atoms with E-state index in [1.165, 1.54) is 4.90 Å². The lowest BCUT2D eigenvalue weighted by Crippen LogP contribution is -2.30. The van der Waals surface area contributed by atoms with Crippen LogP contribution in [-0.2, 0) is 9.59 Å². The number of anilines is 1. The summed E-state index contributed by atoms with van der Waals surface area (Å²) in [7, 11) is 1.55. The van der Waals surface area contributed by atoms with E-state index in [0.29, 0.717) is 22.7 Å². The van der Waals surface area contributed by atoms with Crippen LogP contribution in [-0.4, -0.2) is 28.9 Å². The number of carbonyl (C=O) groups is 2. The van der Waals surface area contributed by atoms with E-state index >= 15 is 0 Å². The van der Waals surface area contributed by atoms with Gasteiger partial charge in [-0.1, -0.05) is 18.2 Å². The molecule has 6 heteroatoms. The zero-order chi connectivity index (χ0) is 22.1. The minimum Gasteiger partial charge on any atom is -0.507 e. The molecule has 4 rings (SSSR count). The molecule has 0 saturated carbocycles. The van der Waals surface area contributed by atoms with Gasteiger partial charge in [0.15, 0.2) is 0 Å². The smallest absolute Gasteiger partial charge is 0.300 e. The standard InChI is InChI=1S/C25H22N2O4/c1-15-7-8-16(2)20(14-15)27-22(19-6-4-5-13-26-19)21(24(29)25(27)30)23(28)17-9-11-18(31-3)12-10-17/h4-14,22,28H,1-3H3/b23-21+. The van der Waals surface area contributed by atoms with Crippen LogP contribution in [0.15, 0.2) is 72.4 Å². The summed E-state index contributed by atoms with van der Waals surface area (Å²) in [4.78, 5) is 32.2. The van der Waals surface area contributed by atoms with Crippen molar-refractivity contribution in [1.29, 1.82) is 0 Å². The lowest BCUT2D eigenvalue weighted by molar-refractivity contribution is -0.132. The summed E-state index contributed by atoms with van der Waals surface area (Å²) in [6.45, 7) is 3.81. The third-order valence-electron chi connectivity index (χ3n) is 5.40. The molecule has 0 bridgehead atoms. The molecule has 2 heterocycles. The molecule has 31 heavy (non-hydrogen) atoms. The zero-order valence-electron chi connectivity index (χ0n) is 17.5. The van der Waals surface area contributed by atoms with Crippen LogP contribution in [0.1, 0.15) is 28.4 Å². The maximum Gasteiger partial charge on any atom is 0.300 e. The fraction of sp³-hybridized carbons (Fsp3) is 0.160. The molecule has 3 aromatic rings. The van der Waals surface area contributed by atoms with E-state index in [0.717, 1.165) is 11.1 Å². The molecule has 1 N–H and O–H groups in total. The second-order valence-corrected chi connectivity index (χ2v) is 7.44. The molecule has 1 amide bonds. The van der Waals surface area contributed by atoms with E-state index in [4.69, 9.17) is 4.74 Å². The van der Waals surface area contributed by atoms with Crippen LogP contribution < -0.4 is 9.64 Å². The minimum absolute atomic E-state index is 0.00905. The fourth-order valence-electron chi connectivity index (χ4n) is 3.78. The van der Waals surface area contributed by atoms with E-state index in [9.17, 15) is 14.7 Å². The maximum atomic E-state index is 13.2. The highest BCUT2D eigenvalue weighted by molar-refractivity contribution is 6.51. The summed E-state index contributed by atoms with van der Waals surface area (Å²) >= 11 is 0. The Bertz CT molecular complexity index is 1180. The molecule has 0 aliphatic carbocycles. The third kappa shape index (κ3) is 3.57. The molecule has 1 unspecified atom stereocenters. The number of ketones is 1. The molecule has 1 aliphatic heterocycles. The minimum atomic E-state index is -0.844. The number of hydrogen-bond acceptors (Lipinski definition) is 5. The van der Waals surface area contributed by atoms with Crippen molar-refractivity contribution in [2.24, 2.45) is 0 Å². The van der Waals surface area contributed by atoms with Crippen LogP contribution in [0.3, 0.4) is 0 Å². The number of aliphatic hydroxyl groups is 1. The van der Waals surface area contributed by atoms with E-state index in [-0.39, 0.29) is 11.3 Å². The number of methoxy groups -OCH3 is 1. The number of carbonyl (C=O) groups excluding carboxylic acids is 2. The molecule has 1 aromatic heterocycles. The molecular weight excluding hydrogens is 392 g/mol. The lowest BCUT2D eigenvalue weighted by Gasteiger charge is -2.26. The Morgan fingerprint density at radius 3 is 2.42 bits per heavy atom. The summed E-state index contributed by atoms with van der Waals surface area (Å²) in [6.07, 6.45) is 1.60. The first-order chi connectivity index (χ1) is 14.9. The Hall–Kier alpha value is -3.93. The van der Waals surface area contributed by atoms with Gasteiger partial charge in [-0.3, -0.25) is 19.5 Å². The number of amides is 1. The van der Waals surface area contributed by atoms with Gasteiger partial charge >= 0.3 is 0 Å². The summed E-state index contributed by atoms with van der Waals surface area (Å²) < 4.78 is 5.17. The second kappa shape index (κ2) is 8.07. The number of rotatable bonds is 4. The topological polar surface area (TPSA) is 79.7 Å². The number of benzene rings is 2. The van der Waals surface area contributed by atoms with Crippen molar-refractivity contribution in [3.05, 3.63) is 94.8 Å². The highest BCUT2D eigenvalue weighted by Crippen LogP contribution is 2.42. The van der Waals surface area contributed by atoms with Crippen LogP contribution in [0.2, 0.25) is 0 Å². The first-order valence-corrected chi connectivity index (χ1v) is 9.86. The lowest BCUT2D eigenvalue weighted by atomic mass is 9.97. The Morgan fingerprint density at radius 2 is 1.77 bits per heavy atom. The van der Waals surface area contributed by atoms with E-state index < -0.39 is 17.7 Å². The Balaban J connectivity index is 1.94. The number of aromatic nitrogens is 1. The second-order valence-electron chi connectivity index (χ2n) is 7.44. The predicted molar refractivity (Wildman–Crippen MR) is 118 cm³/mol. The average Bonchev–Trinajstić information content (AvgIpc) is 3.06. The molecule has 0 radical (unpaired) electrons. The van der Waals surface area contributed by atoms with E-state index in [2.05, 4.69) is 4.98 Å². The zero-order valence-corrected chi connectivity index (χ0v) is 17.5. The van der Waals surface area contributed by atoms with Crippen molar-refractivity contribution in [2.45, 2.75) is 19.9 Å². The summed E-state index contributed by atoms with van der Waals surface area (Å²) in [5, 5.41) is 11.1. The van der Waals surface area contributed by atoms with Crippen LogP contribution in [0, 0.1) is 13.8 Å². The Labute approximate surface area is 180 Å². The van der Waals surface area contributed by atoms with Gasteiger partial charge in [0.1, 0.15) is 17.6 Å². The maximum absolute atomic E-state index is 13.2. The van der Waals surface area contributed by atoms with Crippen molar-refractivity contribution >= 4 is 23.1 Å². The highest BCUT2D eigenvalue weighted by Gasteiger charge is 2.48. The van der Waals surface area contributed by atoms with Crippen LogP contribution in [0.4, 0.5) is 5.69 Å². The fourth-order valence-corrected chi connectivity index (χ4v) is 3.78. The number of Topliss-reactive ketones (excluding diaryl/α,β-unsaturated/α-hetero) is 1. The van der Waals surface area contributed by atoms with Gasteiger partial charge in [-0.2, -0.15) is 0 Å². The number of ether oxygens (including phenoxy) is 1. The van der Waals surface area contributed by atoms with Gasteiger partial charge in [-0.15, -0.1) is 0 Å². The van der Waals surface area contributed by atoms with Gasteiger partial charge in [-0.05, 0) is 67.4 Å². The third-order valence-corrected chi connectivity index (χ3v) is 5.40. The largest absolute Gasteiger partial charge is 0.507 e. The predicted octanol–water partition coefficient (Wildman–Crippen LogP) is 4.33. The Morgan fingerprint density at radius 1 is 1.03 bits per heavy atom. The van der Waals surface area contributed by atoms with Crippen molar-refractivity contribution in [2.75, 3.05) is 12.0 Å². The number of hydrogen-bond donors (Lipinski definition) is 1. The van der Waals surface area contributed by atoms with Gasteiger partial charge in [0.05, 0.1) is 18.4 Å². The first kappa shape index (κ1) is 20.3. The summed E-state index contributed by atoms with van der Waals surface area (Å²) in [6, 6.07) is 16.8. The molecule has 1 aliphatic rings.